The highest BCUT2D eigenvalue weighted by Gasteiger charge is 2.30. The lowest BCUT2D eigenvalue weighted by Crippen LogP contribution is -2.48. The van der Waals surface area contributed by atoms with Crippen LogP contribution in [0.5, 0.6) is 0 Å². The Morgan fingerprint density at radius 2 is 1.74 bits per heavy atom. The van der Waals surface area contributed by atoms with E-state index in [0.29, 0.717) is 0 Å². The van der Waals surface area contributed by atoms with Crippen molar-refractivity contribution < 1.29 is 14.5 Å². The molecule has 1 unspecified atom stereocenters. The van der Waals surface area contributed by atoms with Gasteiger partial charge in [0.05, 0.1) is 4.92 Å². The molecule has 0 fully saturated rings. The fraction of sp³-hybridized carbons (Fsp3) is 0.235. The number of non-ortho nitro benzene ring substituents is 1. The molecule has 2 rings (SSSR count). The second-order valence-corrected chi connectivity index (χ2v) is 5.58. The first-order valence-electron chi connectivity index (χ1n) is 7.12. The largest absolute Gasteiger partial charge is 0.459 e. The van der Waals surface area contributed by atoms with E-state index < -0.39 is 16.4 Å². The van der Waals surface area contributed by atoms with Crippen LogP contribution in [0.15, 0.2) is 54.6 Å². The normalized spacial score (nSPS) is 13.1. The number of nitro benzene ring substituents is 1. The maximum atomic E-state index is 12.2. The second kappa shape index (κ2) is 7.02. The van der Waals surface area contributed by atoms with Gasteiger partial charge in [0.25, 0.3) is 5.69 Å². The van der Waals surface area contributed by atoms with Gasteiger partial charge in [-0.1, -0.05) is 42.5 Å². The summed E-state index contributed by atoms with van der Waals surface area (Å²) in [4.78, 5) is 22.3. The first-order valence-corrected chi connectivity index (χ1v) is 7.12. The number of rotatable bonds is 6. The minimum Gasteiger partial charge on any atom is -0.459 e. The Hall–Kier alpha value is -2.73. The van der Waals surface area contributed by atoms with E-state index in [4.69, 9.17) is 10.5 Å². The summed E-state index contributed by atoms with van der Waals surface area (Å²) in [5.74, 6) is -0.514. The summed E-state index contributed by atoms with van der Waals surface area (Å²) in [6.07, 6.45) is 0.235. The van der Waals surface area contributed by atoms with Crippen LogP contribution in [0.1, 0.15) is 18.1 Å². The Morgan fingerprint density at radius 3 is 2.30 bits per heavy atom. The van der Waals surface area contributed by atoms with Crippen molar-refractivity contribution in [3.63, 3.8) is 0 Å². The van der Waals surface area contributed by atoms with Gasteiger partial charge in [0.15, 0.2) is 0 Å². The molecular weight excluding hydrogens is 296 g/mol. The van der Waals surface area contributed by atoms with Crippen LogP contribution < -0.4 is 5.73 Å². The average molecular weight is 314 g/mol. The number of esters is 1. The van der Waals surface area contributed by atoms with Crippen LogP contribution >= 0.6 is 0 Å². The molecule has 0 radical (unpaired) electrons. The minimum absolute atomic E-state index is 0.000807. The van der Waals surface area contributed by atoms with Crippen LogP contribution in [-0.2, 0) is 22.6 Å². The summed E-state index contributed by atoms with van der Waals surface area (Å²) in [6, 6.07) is 15.3. The van der Waals surface area contributed by atoms with Crippen LogP contribution in [0.3, 0.4) is 0 Å². The summed E-state index contributed by atoms with van der Waals surface area (Å²) in [7, 11) is 0. The fourth-order valence-corrected chi connectivity index (χ4v) is 2.12. The van der Waals surface area contributed by atoms with Crippen molar-refractivity contribution in [2.24, 2.45) is 5.73 Å². The number of carbonyl (C=O) groups is 1. The Bertz CT molecular complexity index is 681. The van der Waals surface area contributed by atoms with E-state index in [9.17, 15) is 14.9 Å². The first kappa shape index (κ1) is 16.6. The Kier molecular flexibility index (Phi) is 5.08. The minimum atomic E-state index is -1.20. The molecule has 0 spiro atoms. The van der Waals surface area contributed by atoms with E-state index in [2.05, 4.69) is 0 Å². The van der Waals surface area contributed by atoms with Gasteiger partial charge in [-0.3, -0.25) is 14.9 Å². The fourth-order valence-electron chi connectivity index (χ4n) is 2.12. The molecule has 0 aromatic heterocycles. The van der Waals surface area contributed by atoms with E-state index in [0.717, 1.165) is 11.1 Å². The topological polar surface area (TPSA) is 95.5 Å². The number of nitro groups is 1. The average Bonchev–Trinajstić information content (AvgIpc) is 2.53. The zero-order valence-electron chi connectivity index (χ0n) is 12.8. The quantitative estimate of drug-likeness (QED) is 0.502. The molecule has 0 aliphatic rings. The van der Waals surface area contributed by atoms with Gasteiger partial charge in [-0.05, 0) is 18.1 Å². The van der Waals surface area contributed by atoms with Crippen LogP contribution in [0.2, 0.25) is 0 Å². The van der Waals surface area contributed by atoms with Gasteiger partial charge in [0.1, 0.15) is 12.1 Å². The van der Waals surface area contributed by atoms with Crippen molar-refractivity contribution in [3.8, 4) is 0 Å². The van der Waals surface area contributed by atoms with Gasteiger partial charge < -0.3 is 10.5 Å². The van der Waals surface area contributed by atoms with E-state index in [-0.39, 0.29) is 18.7 Å². The lowest BCUT2D eigenvalue weighted by molar-refractivity contribution is -0.384. The Labute approximate surface area is 134 Å². The molecule has 6 nitrogen and oxygen atoms in total. The van der Waals surface area contributed by atoms with Gasteiger partial charge in [-0.2, -0.15) is 0 Å². The number of benzene rings is 2. The summed E-state index contributed by atoms with van der Waals surface area (Å²) in [5.41, 5.74) is 6.46. The monoisotopic (exact) mass is 314 g/mol. The third kappa shape index (κ3) is 4.62. The summed E-state index contributed by atoms with van der Waals surface area (Å²) in [5, 5.41) is 10.6. The molecule has 1 atom stereocenters. The number of carbonyl (C=O) groups excluding carboxylic acids is 1. The molecule has 0 amide bonds. The molecule has 120 valence electrons. The third-order valence-corrected chi connectivity index (χ3v) is 3.40. The van der Waals surface area contributed by atoms with Gasteiger partial charge >= 0.3 is 5.97 Å². The van der Waals surface area contributed by atoms with Crippen molar-refractivity contribution in [1.82, 2.24) is 0 Å². The summed E-state index contributed by atoms with van der Waals surface area (Å²) in [6.45, 7) is 1.74. The predicted octanol–water partition coefficient (Wildman–Crippen LogP) is 2.60. The molecule has 2 aromatic rings. The molecule has 23 heavy (non-hydrogen) atoms. The molecule has 2 aromatic carbocycles. The lowest BCUT2D eigenvalue weighted by Gasteiger charge is -2.22. The van der Waals surface area contributed by atoms with Crippen molar-refractivity contribution in [3.05, 3.63) is 75.8 Å². The molecular formula is C17H18N2O4. The maximum Gasteiger partial charge on any atom is 0.326 e. The number of nitrogens with zero attached hydrogens (tertiary/aromatic N) is 1. The molecule has 6 heteroatoms. The zero-order chi connectivity index (χ0) is 16.9. The standard InChI is InChI=1S/C17H18N2O4/c1-17(18,11-13-7-9-15(10-8-13)19(21)22)16(20)23-12-14-5-3-2-4-6-14/h2-10H,11-12,18H2,1H3. The summed E-state index contributed by atoms with van der Waals surface area (Å²) < 4.78 is 5.25. The molecule has 0 saturated carbocycles. The molecule has 0 aliphatic carbocycles. The SMILES string of the molecule is CC(N)(Cc1ccc([N+](=O)[O-])cc1)C(=O)OCc1ccccc1. The highest BCUT2D eigenvalue weighted by atomic mass is 16.6. The van der Waals surface area contributed by atoms with E-state index in [1.807, 2.05) is 30.3 Å². The number of hydrogen-bond acceptors (Lipinski definition) is 5. The van der Waals surface area contributed by atoms with Crippen molar-refractivity contribution in [2.75, 3.05) is 0 Å². The van der Waals surface area contributed by atoms with Gasteiger partial charge in [0, 0.05) is 18.6 Å². The maximum absolute atomic E-state index is 12.2. The van der Waals surface area contributed by atoms with Gasteiger partial charge in [-0.25, -0.2) is 0 Å². The van der Waals surface area contributed by atoms with E-state index >= 15 is 0 Å². The van der Waals surface area contributed by atoms with Crippen LogP contribution in [0, 0.1) is 10.1 Å². The predicted molar refractivity (Wildman–Crippen MR) is 85.6 cm³/mol. The van der Waals surface area contributed by atoms with Crippen molar-refractivity contribution in [1.29, 1.82) is 0 Å². The third-order valence-electron chi connectivity index (χ3n) is 3.40. The van der Waals surface area contributed by atoms with Crippen LogP contribution in [0.25, 0.3) is 0 Å². The highest BCUT2D eigenvalue weighted by Crippen LogP contribution is 2.17. The first-order chi connectivity index (χ1) is 10.9. The van der Waals surface area contributed by atoms with Gasteiger partial charge in [0.2, 0.25) is 0 Å². The second-order valence-electron chi connectivity index (χ2n) is 5.58. The highest BCUT2D eigenvalue weighted by molar-refractivity contribution is 5.80. The molecule has 2 N–H and O–H groups in total. The van der Waals surface area contributed by atoms with Gasteiger partial charge in [-0.15, -0.1) is 0 Å². The van der Waals surface area contributed by atoms with E-state index in [1.165, 1.54) is 12.1 Å². The Morgan fingerprint density at radius 1 is 1.13 bits per heavy atom. The van der Waals surface area contributed by atoms with Crippen LogP contribution in [-0.4, -0.2) is 16.4 Å². The lowest BCUT2D eigenvalue weighted by atomic mass is 9.94. The Balaban J connectivity index is 1.97. The summed E-state index contributed by atoms with van der Waals surface area (Å²) >= 11 is 0. The number of nitrogens with two attached hydrogens (primary N) is 1. The van der Waals surface area contributed by atoms with Crippen molar-refractivity contribution >= 4 is 11.7 Å². The molecule has 0 heterocycles. The smallest absolute Gasteiger partial charge is 0.326 e. The molecule has 0 bridgehead atoms. The zero-order valence-corrected chi connectivity index (χ0v) is 12.8. The molecule has 0 aliphatic heterocycles. The van der Waals surface area contributed by atoms with Crippen LogP contribution in [0.4, 0.5) is 5.69 Å². The molecule has 0 saturated heterocycles. The van der Waals surface area contributed by atoms with E-state index in [1.54, 1.807) is 19.1 Å². The number of hydrogen-bond donors (Lipinski definition) is 1. The number of ether oxygens (including phenoxy) is 1. The van der Waals surface area contributed by atoms with Crippen molar-refractivity contribution in [2.45, 2.75) is 25.5 Å².